The van der Waals surface area contributed by atoms with Crippen molar-refractivity contribution < 1.29 is 19.4 Å². The van der Waals surface area contributed by atoms with Gasteiger partial charge in [-0.1, -0.05) is 0 Å². The van der Waals surface area contributed by atoms with E-state index in [1.54, 1.807) is 0 Å². The van der Waals surface area contributed by atoms with E-state index in [0.29, 0.717) is 5.56 Å². The third-order valence-corrected chi connectivity index (χ3v) is 3.12. The molecule has 1 amide bonds. The zero-order valence-electron chi connectivity index (χ0n) is 12.9. The minimum Gasteiger partial charge on any atom is -0.496 e. The minimum absolute atomic E-state index is 0.0439. The van der Waals surface area contributed by atoms with Crippen LogP contribution in [0.25, 0.3) is 0 Å². The first-order valence-electron chi connectivity index (χ1n) is 6.82. The van der Waals surface area contributed by atoms with Gasteiger partial charge in [-0.25, -0.2) is 5.43 Å². The Kier molecular flexibility index (Phi) is 5.36. The topological polar surface area (TPSA) is 137 Å². The second kappa shape index (κ2) is 7.64. The first-order chi connectivity index (χ1) is 11.9. The van der Waals surface area contributed by atoms with E-state index in [-0.39, 0.29) is 22.7 Å². The van der Waals surface area contributed by atoms with Crippen LogP contribution < -0.4 is 10.2 Å². The Labute approximate surface area is 141 Å². The summed E-state index contributed by atoms with van der Waals surface area (Å²) in [6.07, 6.45) is 1.28. The number of carbonyl (C=O) groups excluding carboxylic acids is 1. The van der Waals surface area contributed by atoms with Crippen molar-refractivity contribution in [3.05, 3.63) is 73.8 Å². The van der Waals surface area contributed by atoms with Gasteiger partial charge in [0, 0.05) is 24.3 Å². The Hall–Kier alpha value is -3.82. The molecule has 2 aromatic rings. The van der Waals surface area contributed by atoms with E-state index >= 15 is 0 Å². The van der Waals surface area contributed by atoms with E-state index in [2.05, 4.69) is 10.5 Å². The monoisotopic (exact) mass is 344 g/mol. The van der Waals surface area contributed by atoms with Gasteiger partial charge in [0.25, 0.3) is 17.3 Å². The molecule has 0 radical (unpaired) electrons. The fraction of sp³-hybridized carbons (Fsp3) is 0.0667. The van der Waals surface area contributed by atoms with Gasteiger partial charge in [0.05, 0.1) is 28.7 Å². The van der Waals surface area contributed by atoms with Crippen LogP contribution in [0.2, 0.25) is 0 Å². The number of amides is 1. The molecule has 0 aromatic heterocycles. The quantitative estimate of drug-likeness (QED) is 0.485. The highest BCUT2D eigenvalue weighted by Crippen LogP contribution is 2.23. The zero-order valence-corrected chi connectivity index (χ0v) is 12.9. The molecule has 10 nitrogen and oxygen atoms in total. The molecule has 128 valence electrons. The zero-order chi connectivity index (χ0) is 18.4. The van der Waals surface area contributed by atoms with Crippen LogP contribution >= 0.6 is 0 Å². The van der Waals surface area contributed by atoms with E-state index in [9.17, 15) is 25.0 Å². The molecule has 0 unspecified atom stereocenters. The van der Waals surface area contributed by atoms with Gasteiger partial charge in [-0.2, -0.15) is 5.10 Å². The van der Waals surface area contributed by atoms with Gasteiger partial charge in [0.15, 0.2) is 0 Å². The van der Waals surface area contributed by atoms with Gasteiger partial charge < -0.3 is 4.74 Å². The number of benzene rings is 2. The van der Waals surface area contributed by atoms with Crippen LogP contribution in [0.1, 0.15) is 15.9 Å². The highest BCUT2D eigenvalue weighted by Gasteiger charge is 2.17. The molecule has 0 aliphatic carbocycles. The van der Waals surface area contributed by atoms with Crippen LogP contribution in [0.4, 0.5) is 11.4 Å². The summed E-state index contributed by atoms with van der Waals surface area (Å²) >= 11 is 0. The molecule has 0 bridgehead atoms. The maximum absolute atomic E-state index is 12.1. The second-order valence-corrected chi connectivity index (χ2v) is 4.69. The molecule has 0 atom stereocenters. The highest BCUT2D eigenvalue weighted by atomic mass is 16.6. The lowest BCUT2D eigenvalue weighted by atomic mass is 10.1. The molecule has 0 aliphatic heterocycles. The number of nitrogens with zero attached hydrogens (tertiary/aromatic N) is 3. The summed E-state index contributed by atoms with van der Waals surface area (Å²) in [6, 6.07) is 9.13. The molecule has 0 saturated carbocycles. The van der Waals surface area contributed by atoms with Crippen molar-refractivity contribution in [3.8, 4) is 5.75 Å². The number of nitro groups is 2. The van der Waals surface area contributed by atoms with Crippen LogP contribution in [-0.4, -0.2) is 29.1 Å². The van der Waals surface area contributed by atoms with E-state index in [0.717, 1.165) is 6.07 Å². The average Bonchev–Trinajstić information content (AvgIpc) is 2.61. The molecule has 0 saturated heterocycles. The fourth-order valence-corrected chi connectivity index (χ4v) is 1.89. The summed E-state index contributed by atoms with van der Waals surface area (Å²) in [5.41, 5.74) is 2.37. The van der Waals surface area contributed by atoms with Gasteiger partial charge in [-0.05, 0) is 23.8 Å². The first-order valence-corrected chi connectivity index (χ1v) is 6.82. The lowest BCUT2D eigenvalue weighted by molar-refractivity contribution is -0.385. The first kappa shape index (κ1) is 17.5. The van der Waals surface area contributed by atoms with Crippen molar-refractivity contribution in [2.75, 3.05) is 7.11 Å². The summed E-state index contributed by atoms with van der Waals surface area (Å²) in [6.45, 7) is 0. The maximum atomic E-state index is 12.1. The summed E-state index contributed by atoms with van der Waals surface area (Å²) < 4.78 is 5.00. The van der Waals surface area contributed by atoms with Crippen LogP contribution in [0.3, 0.4) is 0 Å². The number of nitro benzene ring substituents is 2. The number of carbonyl (C=O) groups is 1. The van der Waals surface area contributed by atoms with Gasteiger partial charge in [-0.15, -0.1) is 0 Å². The summed E-state index contributed by atoms with van der Waals surface area (Å²) in [5.74, 6) is -0.535. The molecule has 0 aliphatic rings. The van der Waals surface area contributed by atoms with Crippen LogP contribution in [0.5, 0.6) is 5.75 Å². The number of hydrazone groups is 1. The number of ether oxygens (including phenoxy) is 1. The van der Waals surface area contributed by atoms with Gasteiger partial charge >= 0.3 is 0 Å². The number of methoxy groups -OCH3 is 1. The third kappa shape index (κ3) is 4.34. The standard InChI is InChI=1S/C15H12N4O6/c1-25-14-7-6-12(19(23)24)8-13(14)15(20)17-16-9-10-2-4-11(5-3-10)18(21)22/h2-9H,1H3,(H,17,20). The normalized spacial score (nSPS) is 10.4. The summed E-state index contributed by atoms with van der Waals surface area (Å²) in [5, 5.41) is 25.1. The third-order valence-electron chi connectivity index (χ3n) is 3.12. The van der Waals surface area contributed by atoms with Crippen LogP contribution in [0, 0.1) is 20.2 Å². The smallest absolute Gasteiger partial charge is 0.275 e. The van der Waals surface area contributed by atoms with Gasteiger partial charge in [-0.3, -0.25) is 25.0 Å². The fourth-order valence-electron chi connectivity index (χ4n) is 1.89. The van der Waals surface area contributed by atoms with Crippen molar-refractivity contribution in [2.24, 2.45) is 5.10 Å². The van der Waals surface area contributed by atoms with Gasteiger partial charge in [0.2, 0.25) is 0 Å². The lowest BCUT2D eigenvalue weighted by Gasteiger charge is -2.06. The predicted octanol–water partition coefficient (Wildman–Crippen LogP) is 2.28. The molecule has 2 aromatic carbocycles. The number of non-ortho nitro benzene ring substituents is 2. The van der Waals surface area contributed by atoms with E-state index < -0.39 is 15.8 Å². The summed E-state index contributed by atoms with van der Waals surface area (Å²) in [4.78, 5) is 32.3. The molecular weight excluding hydrogens is 332 g/mol. The predicted molar refractivity (Wildman–Crippen MR) is 87.8 cm³/mol. The number of nitrogens with one attached hydrogen (secondary N) is 1. The summed E-state index contributed by atoms with van der Waals surface area (Å²) in [7, 11) is 1.33. The molecular formula is C15H12N4O6. The molecule has 0 fully saturated rings. The van der Waals surface area contributed by atoms with E-state index in [1.165, 1.54) is 49.7 Å². The van der Waals surface area contributed by atoms with Gasteiger partial charge in [0.1, 0.15) is 5.75 Å². The van der Waals surface area contributed by atoms with Crippen molar-refractivity contribution in [2.45, 2.75) is 0 Å². The molecule has 25 heavy (non-hydrogen) atoms. The molecule has 0 heterocycles. The van der Waals surface area contributed by atoms with E-state index in [1.807, 2.05) is 0 Å². The van der Waals surface area contributed by atoms with Crippen LogP contribution in [0.15, 0.2) is 47.6 Å². The second-order valence-electron chi connectivity index (χ2n) is 4.69. The molecule has 10 heteroatoms. The molecule has 2 rings (SSSR count). The Morgan fingerprint density at radius 1 is 1.08 bits per heavy atom. The average molecular weight is 344 g/mol. The highest BCUT2D eigenvalue weighted by molar-refractivity contribution is 5.98. The minimum atomic E-state index is -0.696. The SMILES string of the molecule is COc1ccc([N+](=O)[O-])cc1C(=O)NN=Cc1ccc([N+](=O)[O-])cc1. The van der Waals surface area contributed by atoms with Crippen LogP contribution in [-0.2, 0) is 0 Å². The van der Waals surface area contributed by atoms with E-state index in [4.69, 9.17) is 4.74 Å². The maximum Gasteiger partial charge on any atom is 0.275 e. The number of hydrogen-bond acceptors (Lipinski definition) is 7. The molecule has 0 spiro atoms. The molecule has 1 N–H and O–H groups in total. The van der Waals surface area contributed by atoms with Crippen molar-refractivity contribution in [3.63, 3.8) is 0 Å². The lowest BCUT2D eigenvalue weighted by Crippen LogP contribution is -2.18. The van der Waals surface area contributed by atoms with Crippen molar-refractivity contribution in [1.29, 1.82) is 0 Å². The van der Waals surface area contributed by atoms with Crippen molar-refractivity contribution in [1.82, 2.24) is 5.43 Å². The largest absolute Gasteiger partial charge is 0.496 e. The number of hydrogen-bond donors (Lipinski definition) is 1. The Balaban J connectivity index is 2.12. The Morgan fingerprint density at radius 2 is 1.68 bits per heavy atom. The Bertz CT molecular complexity index is 848. The number of rotatable bonds is 6. The Morgan fingerprint density at radius 3 is 2.24 bits per heavy atom. The van der Waals surface area contributed by atoms with Crippen molar-refractivity contribution >= 4 is 23.5 Å².